The molecular formula is C15H19N3O3. The Balaban J connectivity index is 1.70. The van der Waals surface area contributed by atoms with Crippen LogP contribution in [0, 0.1) is 0 Å². The normalized spacial score (nSPS) is 15.7. The van der Waals surface area contributed by atoms with Crippen molar-refractivity contribution in [1.82, 2.24) is 9.88 Å². The summed E-state index contributed by atoms with van der Waals surface area (Å²) in [6.45, 7) is 5.14. The fraction of sp³-hybridized carbons (Fsp3) is 0.467. The largest absolute Gasteiger partial charge is 0.417 e. The summed E-state index contributed by atoms with van der Waals surface area (Å²) in [7, 11) is 0. The number of H-pyrrole nitrogens is 1. The number of nitrogens with zero attached hydrogens (tertiary/aromatic N) is 2. The minimum atomic E-state index is -0.433. The highest BCUT2D eigenvalue weighted by atomic mass is 16.4. The Morgan fingerprint density at radius 2 is 2.05 bits per heavy atom. The van der Waals surface area contributed by atoms with Crippen LogP contribution in [0.1, 0.15) is 19.8 Å². The molecule has 1 aromatic carbocycles. The van der Waals surface area contributed by atoms with Gasteiger partial charge in [0, 0.05) is 38.3 Å². The number of rotatable bonds is 3. The van der Waals surface area contributed by atoms with Crippen molar-refractivity contribution in [3.8, 4) is 0 Å². The maximum atomic E-state index is 11.9. The van der Waals surface area contributed by atoms with E-state index in [9.17, 15) is 9.59 Å². The molecule has 112 valence electrons. The lowest BCUT2D eigenvalue weighted by molar-refractivity contribution is -0.131. The Hall–Kier alpha value is -2.24. The number of aromatic amines is 1. The summed E-state index contributed by atoms with van der Waals surface area (Å²) in [4.78, 5) is 29.9. The van der Waals surface area contributed by atoms with E-state index in [-0.39, 0.29) is 5.91 Å². The lowest BCUT2D eigenvalue weighted by atomic mass is 10.2. The molecule has 1 saturated heterocycles. The predicted molar refractivity (Wildman–Crippen MR) is 80.5 cm³/mol. The number of hydrogen-bond donors (Lipinski definition) is 1. The van der Waals surface area contributed by atoms with E-state index >= 15 is 0 Å². The van der Waals surface area contributed by atoms with Crippen molar-refractivity contribution in [3.63, 3.8) is 0 Å². The first kappa shape index (κ1) is 13.7. The molecule has 3 rings (SSSR count). The minimum absolute atomic E-state index is 0.242. The molecule has 0 bridgehead atoms. The Morgan fingerprint density at radius 3 is 2.76 bits per heavy atom. The molecule has 0 atom stereocenters. The number of benzene rings is 1. The Kier molecular flexibility index (Phi) is 3.68. The highest BCUT2D eigenvalue weighted by Crippen LogP contribution is 2.21. The monoisotopic (exact) mass is 289 g/mol. The van der Waals surface area contributed by atoms with Crippen molar-refractivity contribution in [1.29, 1.82) is 0 Å². The van der Waals surface area contributed by atoms with Gasteiger partial charge in [-0.1, -0.05) is 6.92 Å². The summed E-state index contributed by atoms with van der Waals surface area (Å²) >= 11 is 0. The number of oxazole rings is 1. The number of hydrogen-bond acceptors (Lipinski definition) is 4. The number of amides is 1. The van der Waals surface area contributed by atoms with E-state index in [0.717, 1.165) is 38.3 Å². The van der Waals surface area contributed by atoms with E-state index in [4.69, 9.17) is 4.42 Å². The van der Waals surface area contributed by atoms with Gasteiger partial charge in [0.15, 0.2) is 5.58 Å². The quantitative estimate of drug-likeness (QED) is 0.931. The van der Waals surface area contributed by atoms with Gasteiger partial charge in [0.25, 0.3) is 0 Å². The van der Waals surface area contributed by atoms with Crippen LogP contribution in [0.2, 0.25) is 0 Å². The fourth-order valence-electron chi connectivity index (χ4n) is 2.72. The number of nitrogens with one attached hydrogen (secondary N) is 1. The zero-order valence-electron chi connectivity index (χ0n) is 12.1. The van der Waals surface area contributed by atoms with Crippen molar-refractivity contribution in [3.05, 3.63) is 28.7 Å². The topological polar surface area (TPSA) is 69.6 Å². The van der Waals surface area contributed by atoms with Crippen LogP contribution in [0.3, 0.4) is 0 Å². The molecule has 0 radical (unpaired) electrons. The van der Waals surface area contributed by atoms with E-state index in [1.807, 2.05) is 24.0 Å². The molecular weight excluding hydrogens is 270 g/mol. The molecule has 1 N–H and O–H groups in total. The highest BCUT2D eigenvalue weighted by molar-refractivity contribution is 5.78. The minimum Gasteiger partial charge on any atom is -0.408 e. The van der Waals surface area contributed by atoms with Crippen LogP contribution in [0.15, 0.2) is 27.4 Å². The second-order valence-corrected chi connectivity index (χ2v) is 5.31. The van der Waals surface area contributed by atoms with Crippen LogP contribution in [-0.4, -0.2) is 42.0 Å². The molecule has 1 amide bonds. The molecule has 2 heterocycles. The summed E-state index contributed by atoms with van der Waals surface area (Å²) in [6.07, 6.45) is 1.52. The van der Waals surface area contributed by atoms with Crippen molar-refractivity contribution >= 4 is 22.7 Å². The molecule has 2 aromatic rings. The van der Waals surface area contributed by atoms with E-state index in [2.05, 4.69) is 9.88 Å². The Morgan fingerprint density at radius 1 is 1.29 bits per heavy atom. The first-order valence-corrected chi connectivity index (χ1v) is 7.33. The van der Waals surface area contributed by atoms with Crippen molar-refractivity contribution < 1.29 is 9.21 Å². The molecule has 6 heteroatoms. The number of carbonyl (C=O) groups excluding carboxylic acids is 1. The van der Waals surface area contributed by atoms with Crippen molar-refractivity contribution in [2.75, 3.05) is 31.1 Å². The number of fused-ring (bicyclic) bond motifs is 1. The van der Waals surface area contributed by atoms with Crippen LogP contribution < -0.4 is 10.7 Å². The fourth-order valence-corrected chi connectivity index (χ4v) is 2.72. The van der Waals surface area contributed by atoms with Gasteiger partial charge in [-0.2, -0.15) is 0 Å². The van der Waals surface area contributed by atoms with Crippen molar-refractivity contribution in [2.45, 2.75) is 19.8 Å². The Labute approximate surface area is 122 Å². The average molecular weight is 289 g/mol. The summed E-state index contributed by atoms with van der Waals surface area (Å²) in [5, 5.41) is 0. The summed E-state index contributed by atoms with van der Waals surface area (Å²) < 4.78 is 5.00. The maximum Gasteiger partial charge on any atom is 0.417 e. The second kappa shape index (κ2) is 5.63. The first-order chi connectivity index (χ1) is 10.2. The van der Waals surface area contributed by atoms with E-state index in [0.29, 0.717) is 17.5 Å². The molecule has 1 fully saturated rings. The summed E-state index contributed by atoms with van der Waals surface area (Å²) in [6, 6.07) is 5.67. The predicted octanol–water partition coefficient (Wildman–Crippen LogP) is 1.57. The summed E-state index contributed by atoms with van der Waals surface area (Å²) in [5.74, 6) is -0.191. The van der Waals surface area contributed by atoms with Crippen molar-refractivity contribution in [2.24, 2.45) is 0 Å². The molecule has 1 aromatic heterocycles. The third-order valence-electron chi connectivity index (χ3n) is 3.86. The van der Waals surface area contributed by atoms with E-state index in [1.165, 1.54) is 0 Å². The molecule has 0 saturated carbocycles. The van der Waals surface area contributed by atoms with Gasteiger partial charge in [-0.05, 0) is 24.6 Å². The van der Waals surface area contributed by atoms with Crippen LogP contribution in [-0.2, 0) is 4.79 Å². The maximum absolute atomic E-state index is 11.9. The molecule has 0 unspecified atom stereocenters. The third-order valence-corrected chi connectivity index (χ3v) is 3.86. The lowest BCUT2D eigenvalue weighted by Crippen LogP contribution is -2.48. The molecule has 1 aliphatic rings. The average Bonchev–Trinajstić information content (AvgIpc) is 2.86. The standard InChI is InChI=1S/C15H19N3O3/c1-2-3-14(19)18-8-6-17(7-9-18)11-4-5-13-12(10-11)16-15(20)21-13/h4-5,10H,2-3,6-9H2,1H3,(H,16,20). The van der Waals surface area contributed by atoms with Gasteiger partial charge in [0.2, 0.25) is 5.91 Å². The van der Waals surface area contributed by atoms with Gasteiger partial charge >= 0.3 is 5.76 Å². The van der Waals surface area contributed by atoms with Gasteiger partial charge in [-0.25, -0.2) is 4.79 Å². The van der Waals surface area contributed by atoms with Crippen LogP contribution in [0.4, 0.5) is 5.69 Å². The first-order valence-electron chi connectivity index (χ1n) is 7.33. The molecule has 1 aliphatic heterocycles. The van der Waals surface area contributed by atoms with Gasteiger partial charge < -0.3 is 14.2 Å². The van der Waals surface area contributed by atoms with Crippen LogP contribution >= 0.6 is 0 Å². The number of aromatic nitrogens is 1. The van der Waals surface area contributed by atoms with Crippen LogP contribution in [0.25, 0.3) is 11.1 Å². The smallest absolute Gasteiger partial charge is 0.408 e. The van der Waals surface area contributed by atoms with Crippen LogP contribution in [0.5, 0.6) is 0 Å². The second-order valence-electron chi connectivity index (χ2n) is 5.31. The zero-order valence-corrected chi connectivity index (χ0v) is 12.1. The third kappa shape index (κ3) is 2.79. The molecule has 21 heavy (non-hydrogen) atoms. The number of carbonyl (C=O) groups is 1. The van der Waals surface area contributed by atoms with Gasteiger partial charge in [-0.15, -0.1) is 0 Å². The zero-order chi connectivity index (χ0) is 14.8. The molecule has 0 spiro atoms. The van der Waals surface area contributed by atoms with Gasteiger partial charge in [-0.3, -0.25) is 9.78 Å². The summed E-state index contributed by atoms with van der Waals surface area (Å²) in [5.41, 5.74) is 2.32. The highest BCUT2D eigenvalue weighted by Gasteiger charge is 2.20. The van der Waals surface area contributed by atoms with Gasteiger partial charge in [0.1, 0.15) is 0 Å². The van der Waals surface area contributed by atoms with E-state index < -0.39 is 5.76 Å². The van der Waals surface area contributed by atoms with Gasteiger partial charge in [0.05, 0.1) is 5.52 Å². The number of anilines is 1. The lowest BCUT2D eigenvalue weighted by Gasteiger charge is -2.36. The van der Waals surface area contributed by atoms with E-state index in [1.54, 1.807) is 6.07 Å². The Bertz CT molecular complexity index is 695. The molecule has 0 aliphatic carbocycles. The molecule has 6 nitrogen and oxygen atoms in total. The number of piperazine rings is 1. The SMILES string of the molecule is CCCC(=O)N1CCN(c2ccc3oc(=O)[nH]c3c2)CC1.